The molecular formula is C22H17ClN4. The summed E-state index contributed by atoms with van der Waals surface area (Å²) < 4.78 is 1.92. The second-order valence-corrected chi connectivity index (χ2v) is 6.25. The number of halogens is 1. The van der Waals surface area contributed by atoms with Crippen LogP contribution in [0.25, 0.3) is 38.9 Å². The van der Waals surface area contributed by atoms with Crippen LogP contribution >= 0.6 is 12.4 Å². The Hall–Kier alpha value is -3.37. The molecule has 5 rings (SSSR count). The van der Waals surface area contributed by atoms with Gasteiger partial charge in [0.1, 0.15) is 11.3 Å². The fraction of sp³-hybridized carbons (Fsp3) is 0. The van der Waals surface area contributed by atoms with Gasteiger partial charge in [-0.15, -0.1) is 12.4 Å². The molecule has 0 saturated heterocycles. The van der Waals surface area contributed by atoms with Crippen molar-refractivity contribution in [1.29, 1.82) is 5.41 Å². The van der Waals surface area contributed by atoms with E-state index in [1.165, 1.54) is 0 Å². The van der Waals surface area contributed by atoms with Crippen molar-refractivity contribution in [2.75, 3.05) is 0 Å². The molecule has 4 nitrogen and oxygen atoms in total. The van der Waals surface area contributed by atoms with Gasteiger partial charge < -0.3 is 4.98 Å². The lowest BCUT2D eigenvalue weighted by Crippen LogP contribution is -2.22. The fourth-order valence-corrected chi connectivity index (χ4v) is 3.37. The Bertz CT molecular complexity index is 1300. The average Bonchev–Trinajstić information content (AvgIpc) is 3.16. The quantitative estimate of drug-likeness (QED) is 0.446. The van der Waals surface area contributed by atoms with E-state index in [0.29, 0.717) is 5.49 Å². The van der Waals surface area contributed by atoms with Crippen LogP contribution in [0.2, 0.25) is 0 Å². The first-order chi connectivity index (χ1) is 12.8. The molecule has 2 aromatic heterocycles. The van der Waals surface area contributed by atoms with E-state index >= 15 is 0 Å². The van der Waals surface area contributed by atoms with Gasteiger partial charge in [0.25, 0.3) is 0 Å². The number of H-pyrrole nitrogens is 1. The van der Waals surface area contributed by atoms with E-state index < -0.39 is 0 Å². The van der Waals surface area contributed by atoms with E-state index in [1.807, 2.05) is 83.6 Å². The molecule has 0 aliphatic carbocycles. The zero-order valence-electron chi connectivity index (χ0n) is 14.4. The summed E-state index contributed by atoms with van der Waals surface area (Å²) in [6, 6.07) is 26.1. The summed E-state index contributed by atoms with van der Waals surface area (Å²) in [6.07, 6.45) is 1.93. The molecule has 3 aromatic carbocycles. The van der Waals surface area contributed by atoms with Crippen LogP contribution in [0.15, 0.2) is 85.1 Å². The fourth-order valence-electron chi connectivity index (χ4n) is 3.37. The smallest absolute Gasteiger partial charge is 0.146 e. The maximum absolute atomic E-state index is 8.85. The van der Waals surface area contributed by atoms with Gasteiger partial charge in [0.05, 0.1) is 5.52 Å². The van der Waals surface area contributed by atoms with Gasteiger partial charge in [0.15, 0.2) is 0 Å². The van der Waals surface area contributed by atoms with E-state index in [9.17, 15) is 0 Å². The highest BCUT2D eigenvalue weighted by molar-refractivity contribution is 5.85. The van der Waals surface area contributed by atoms with Gasteiger partial charge in [-0.25, -0.2) is 4.98 Å². The molecule has 0 aliphatic rings. The number of aromatic amines is 1. The summed E-state index contributed by atoms with van der Waals surface area (Å²) in [4.78, 5) is 8.10. The lowest BCUT2D eigenvalue weighted by Gasteiger charge is -2.15. The SMILES string of the molecule is Cl.N=c1c2ccccc2nc(-c2ccccc2)n1-c1ccc2[nH]ccc2c1. The van der Waals surface area contributed by atoms with Gasteiger partial charge in [-0.2, -0.15) is 0 Å². The van der Waals surface area contributed by atoms with Crippen molar-refractivity contribution in [3.8, 4) is 17.1 Å². The van der Waals surface area contributed by atoms with Crippen molar-refractivity contribution in [3.63, 3.8) is 0 Å². The molecule has 2 N–H and O–H groups in total. The molecule has 2 heterocycles. The Morgan fingerprint density at radius 2 is 1.63 bits per heavy atom. The molecule has 0 spiro atoms. The first-order valence-corrected chi connectivity index (χ1v) is 8.50. The standard InChI is InChI=1S/C22H16N4.ClH/c23-21-18-8-4-5-9-20(18)25-22(15-6-2-1-3-7-15)26(21)17-10-11-19-16(14-17)12-13-24-19;/h1-14,23-24H;1H. The number of para-hydroxylation sites is 1. The molecule has 0 amide bonds. The molecule has 132 valence electrons. The molecule has 5 heteroatoms. The zero-order valence-corrected chi connectivity index (χ0v) is 15.2. The Labute approximate surface area is 162 Å². The molecule has 0 aliphatic heterocycles. The van der Waals surface area contributed by atoms with Crippen molar-refractivity contribution in [3.05, 3.63) is 90.5 Å². The van der Waals surface area contributed by atoms with Crippen LogP contribution in [0.5, 0.6) is 0 Å². The summed E-state index contributed by atoms with van der Waals surface area (Å²) in [7, 11) is 0. The van der Waals surface area contributed by atoms with Gasteiger partial charge in [-0.05, 0) is 36.4 Å². The maximum atomic E-state index is 8.85. The van der Waals surface area contributed by atoms with E-state index in [4.69, 9.17) is 10.4 Å². The number of fused-ring (bicyclic) bond motifs is 2. The Morgan fingerprint density at radius 1 is 0.852 bits per heavy atom. The first-order valence-electron chi connectivity index (χ1n) is 8.50. The van der Waals surface area contributed by atoms with Gasteiger partial charge in [-0.1, -0.05) is 42.5 Å². The van der Waals surface area contributed by atoms with Gasteiger partial charge in [-0.3, -0.25) is 9.98 Å². The lowest BCUT2D eigenvalue weighted by molar-refractivity contribution is 0.923. The van der Waals surface area contributed by atoms with Crippen molar-refractivity contribution in [2.24, 2.45) is 0 Å². The maximum Gasteiger partial charge on any atom is 0.146 e. The number of aromatic nitrogens is 3. The predicted molar refractivity (Wildman–Crippen MR) is 111 cm³/mol. The highest BCUT2D eigenvalue weighted by atomic mass is 35.5. The van der Waals surface area contributed by atoms with Crippen LogP contribution in [-0.4, -0.2) is 14.5 Å². The van der Waals surface area contributed by atoms with Crippen LogP contribution < -0.4 is 5.49 Å². The van der Waals surface area contributed by atoms with Crippen molar-refractivity contribution in [1.82, 2.24) is 14.5 Å². The summed E-state index contributed by atoms with van der Waals surface area (Å²) >= 11 is 0. The third-order valence-electron chi connectivity index (χ3n) is 4.65. The minimum absolute atomic E-state index is 0. The van der Waals surface area contributed by atoms with Crippen LogP contribution in [0, 0.1) is 5.41 Å². The van der Waals surface area contributed by atoms with Crippen molar-refractivity contribution < 1.29 is 0 Å². The van der Waals surface area contributed by atoms with E-state index in [2.05, 4.69) is 11.1 Å². The number of hydrogen-bond donors (Lipinski definition) is 2. The summed E-state index contributed by atoms with van der Waals surface area (Å²) in [5.41, 5.74) is 4.26. The van der Waals surface area contributed by atoms with Crippen LogP contribution in [0.3, 0.4) is 0 Å². The van der Waals surface area contributed by atoms with Gasteiger partial charge in [0, 0.05) is 33.7 Å². The Morgan fingerprint density at radius 3 is 2.48 bits per heavy atom. The van der Waals surface area contributed by atoms with Crippen LogP contribution in [0.1, 0.15) is 0 Å². The lowest BCUT2D eigenvalue weighted by atomic mass is 10.1. The largest absolute Gasteiger partial charge is 0.361 e. The molecule has 0 saturated carbocycles. The Kier molecular flexibility index (Phi) is 4.26. The molecule has 0 fully saturated rings. The van der Waals surface area contributed by atoms with E-state index in [1.54, 1.807) is 0 Å². The minimum atomic E-state index is 0. The van der Waals surface area contributed by atoms with Crippen molar-refractivity contribution in [2.45, 2.75) is 0 Å². The van der Waals surface area contributed by atoms with Crippen molar-refractivity contribution >= 4 is 34.2 Å². The third kappa shape index (κ3) is 2.80. The van der Waals surface area contributed by atoms with E-state index in [-0.39, 0.29) is 12.4 Å². The minimum Gasteiger partial charge on any atom is -0.361 e. The van der Waals surface area contributed by atoms with Gasteiger partial charge >= 0.3 is 0 Å². The van der Waals surface area contributed by atoms with E-state index in [0.717, 1.165) is 38.9 Å². The summed E-state index contributed by atoms with van der Waals surface area (Å²) in [6.45, 7) is 0. The predicted octanol–water partition coefficient (Wildman–Crippen LogP) is 5.08. The highest BCUT2D eigenvalue weighted by Crippen LogP contribution is 2.24. The Balaban J connectivity index is 0.00000180. The van der Waals surface area contributed by atoms with Gasteiger partial charge in [0.2, 0.25) is 0 Å². The molecule has 0 bridgehead atoms. The molecule has 27 heavy (non-hydrogen) atoms. The average molecular weight is 373 g/mol. The van der Waals surface area contributed by atoms with Crippen LogP contribution in [0.4, 0.5) is 0 Å². The zero-order chi connectivity index (χ0) is 17.5. The molecule has 5 aromatic rings. The second kappa shape index (κ2) is 6.74. The number of nitrogens with zero attached hydrogens (tertiary/aromatic N) is 2. The second-order valence-electron chi connectivity index (χ2n) is 6.25. The topological polar surface area (TPSA) is 57.5 Å². The normalized spacial score (nSPS) is 10.8. The third-order valence-corrected chi connectivity index (χ3v) is 4.65. The number of hydrogen-bond acceptors (Lipinski definition) is 2. The number of benzene rings is 3. The number of nitrogens with one attached hydrogen (secondary N) is 2. The first kappa shape index (κ1) is 17.1. The molecule has 0 atom stereocenters. The van der Waals surface area contributed by atoms with Crippen LogP contribution in [-0.2, 0) is 0 Å². The number of rotatable bonds is 2. The molecule has 0 unspecified atom stereocenters. The highest BCUT2D eigenvalue weighted by Gasteiger charge is 2.12. The summed E-state index contributed by atoms with van der Waals surface area (Å²) in [5.74, 6) is 0.768. The summed E-state index contributed by atoms with van der Waals surface area (Å²) in [5, 5.41) is 10.8. The molecule has 0 radical (unpaired) electrons. The molecular weight excluding hydrogens is 356 g/mol. The monoisotopic (exact) mass is 372 g/mol.